The Morgan fingerprint density at radius 3 is 2.11 bits per heavy atom. The summed E-state index contributed by atoms with van der Waals surface area (Å²) >= 11 is 0. The minimum Gasteiger partial charge on any atom is -0.376 e. The van der Waals surface area contributed by atoms with E-state index in [0.717, 1.165) is 4.90 Å². The van der Waals surface area contributed by atoms with Gasteiger partial charge in [0.25, 0.3) is 0 Å². The van der Waals surface area contributed by atoms with Crippen molar-refractivity contribution in [2.45, 2.75) is 32.0 Å². The van der Waals surface area contributed by atoms with Gasteiger partial charge < -0.3 is 15.3 Å². The Labute approximate surface area is 110 Å². The molecule has 3 N–H and O–H groups in total. The maximum Gasteiger partial charge on any atom is 0.325 e. The molecule has 2 aliphatic heterocycles. The zero-order valence-corrected chi connectivity index (χ0v) is 10.8. The van der Waals surface area contributed by atoms with Crippen molar-refractivity contribution < 1.29 is 24.9 Å². The van der Waals surface area contributed by atoms with Gasteiger partial charge >= 0.3 is 6.03 Å². The largest absolute Gasteiger partial charge is 0.376 e. The molecule has 0 bridgehead atoms. The predicted molar refractivity (Wildman–Crippen MR) is 63.2 cm³/mol. The molecule has 3 atom stereocenters. The number of nitrogens with zero attached hydrogens (tertiary/aromatic N) is 3. The van der Waals surface area contributed by atoms with E-state index < -0.39 is 38.4 Å². The zero-order valence-electron chi connectivity index (χ0n) is 10.8. The first-order valence-electron chi connectivity index (χ1n) is 6.29. The van der Waals surface area contributed by atoms with E-state index in [1.165, 1.54) is 9.80 Å². The van der Waals surface area contributed by atoms with Crippen molar-refractivity contribution in [3.8, 4) is 0 Å². The fourth-order valence-corrected chi connectivity index (χ4v) is 3.06. The molecular formula is C11H19N3O5. The van der Waals surface area contributed by atoms with Crippen LogP contribution in [0.4, 0.5) is 4.79 Å². The molecule has 3 amide bonds. The van der Waals surface area contributed by atoms with Gasteiger partial charge in [-0.3, -0.25) is 19.5 Å². The van der Waals surface area contributed by atoms with Gasteiger partial charge in [0.05, 0.1) is 6.04 Å². The van der Waals surface area contributed by atoms with Crippen LogP contribution in [0.5, 0.6) is 0 Å². The molecule has 8 nitrogen and oxygen atoms in total. The highest BCUT2D eigenvalue weighted by molar-refractivity contribution is 5.83. The maximum atomic E-state index is 12.1. The van der Waals surface area contributed by atoms with Gasteiger partial charge in [0.1, 0.15) is 26.4 Å². The fourth-order valence-electron chi connectivity index (χ4n) is 3.06. The Kier molecular flexibility index (Phi) is 3.93. The Bertz CT molecular complexity index is 377. The summed E-state index contributed by atoms with van der Waals surface area (Å²) in [6.07, 6.45) is 0.178. The van der Waals surface area contributed by atoms with E-state index in [2.05, 4.69) is 0 Å². The number of urea groups is 1. The molecule has 108 valence electrons. The molecule has 2 aliphatic rings. The molecule has 0 spiro atoms. The number of carbonyl (C=O) groups excluding carboxylic acids is 2. The second-order valence-electron chi connectivity index (χ2n) is 4.79. The van der Waals surface area contributed by atoms with Crippen LogP contribution >= 0.6 is 0 Å². The third kappa shape index (κ3) is 1.96. The number of aliphatic hydroxyl groups is 3. The Morgan fingerprint density at radius 1 is 1.05 bits per heavy atom. The van der Waals surface area contributed by atoms with Crippen LogP contribution < -0.4 is 0 Å². The molecule has 2 rings (SSSR count). The summed E-state index contributed by atoms with van der Waals surface area (Å²) in [4.78, 5) is 27.5. The summed E-state index contributed by atoms with van der Waals surface area (Å²) in [5.41, 5.74) is 0. The normalized spacial score (nSPS) is 31.2. The van der Waals surface area contributed by atoms with E-state index in [4.69, 9.17) is 0 Å². The van der Waals surface area contributed by atoms with E-state index in [-0.39, 0.29) is 18.2 Å². The van der Waals surface area contributed by atoms with E-state index >= 15 is 0 Å². The monoisotopic (exact) mass is 273 g/mol. The third-order valence-corrected chi connectivity index (χ3v) is 4.02. The summed E-state index contributed by atoms with van der Waals surface area (Å²) < 4.78 is 0. The number of likely N-dealkylation sites (tertiary alicyclic amines) is 1. The quantitative estimate of drug-likeness (QED) is 0.580. The Morgan fingerprint density at radius 2 is 1.63 bits per heavy atom. The average Bonchev–Trinajstić information content (AvgIpc) is 2.69. The molecule has 8 heteroatoms. The molecule has 3 unspecified atom stereocenters. The third-order valence-electron chi connectivity index (χ3n) is 4.02. The van der Waals surface area contributed by atoms with E-state index in [1.807, 2.05) is 6.92 Å². The van der Waals surface area contributed by atoms with Gasteiger partial charge in [-0.1, -0.05) is 13.3 Å². The van der Waals surface area contributed by atoms with Crippen LogP contribution in [0.2, 0.25) is 0 Å². The first kappa shape index (κ1) is 14.0. The molecule has 0 aromatic heterocycles. The summed E-state index contributed by atoms with van der Waals surface area (Å²) in [6.45, 7) is 0.363. The molecule has 2 heterocycles. The molecule has 2 fully saturated rings. The highest BCUT2D eigenvalue weighted by Crippen LogP contribution is 2.37. The van der Waals surface area contributed by atoms with Crippen LogP contribution in [-0.4, -0.2) is 74.4 Å². The number of hydrogen-bond acceptors (Lipinski definition) is 5. The lowest BCUT2D eigenvalue weighted by molar-refractivity contribution is -0.153. The van der Waals surface area contributed by atoms with Crippen LogP contribution in [0.25, 0.3) is 0 Å². The van der Waals surface area contributed by atoms with Gasteiger partial charge in [0.15, 0.2) is 0 Å². The molecule has 0 aromatic rings. The molecule has 0 aliphatic carbocycles. The van der Waals surface area contributed by atoms with E-state index in [1.54, 1.807) is 0 Å². The smallest absolute Gasteiger partial charge is 0.325 e. The first-order chi connectivity index (χ1) is 9.10. The van der Waals surface area contributed by atoms with Gasteiger partial charge in [-0.25, -0.2) is 4.79 Å². The fraction of sp³-hybridized carbons (Fsp3) is 0.818. The SMILES string of the molecule is CCC1CC(=O)N(CO)C2C1N(CO)C(=O)N2CO. The molecule has 0 aromatic carbocycles. The summed E-state index contributed by atoms with van der Waals surface area (Å²) in [5, 5.41) is 28.0. The number of aliphatic hydroxyl groups excluding tert-OH is 3. The topological polar surface area (TPSA) is 105 Å². The van der Waals surface area contributed by atoms with Gasteiger partial charge in [-0.15, -0.1) is 0 Å². The number of rotatable bonds is 4. The van der Waals surface area contributed by atoms with Crippen molar-refractivity contribution >= 4 is 11.9 Å². The lowest BCUT2D eigenvalue weighted by Crippen LogP contribution is -2.60. The Hall–Kier alpha value is -1.38. The second-order valence-corrected chi connectivity index (χ2v) is 4.79. The predicted octanol–water partition coefficient (Wildman–Crippen LogP) is -1.47. The van der Waals surface area contributed by atoms with E-state index in [9.17, 15) is 24.9 Å². The van der Waals surface area contributed by atoms with Gasteiger partial charge in [0.2, 0.25) is 5.91 Å². The van der Waals surface area contributed by atoms with E-state index in [0.29, 0.717) is 6.42 Å². The lowest BCUT2D eigenvalue weighted by Gasteiger charge is -2.43. The van der Waals surface area contributed by atoms with Crippen molar-refractivity contribution in [2.24, 2.45) is 5.92 Å². The zero-order chi connectivity index (χ0) is 14.2. The summed E-state index contributed by atoms with van der Waals surface area (Å²) in [6, 6.07) is -0.925. The lowest BCUT2D eigenvalue weighted by atomic mass is 9.86. The first-order valence-corrected chi connectivity index (χ1v) is 6.29. The highest BCUT2D eigenvalue weighted by atomic mass is 16.3. The van der Waals surface area contributed by atoms with Gasteiger partial charge in [-0.05, 0) is 5.92 Å². The van der Waals surface area contributed by atoms with Crippen molar-refractivity contribution in [3.63, 3.8) is 0 Å². The summed E-state index contributed by atoms with van der Waals surface area (Å²) in [7, 11) is 0. The minimum absolute atomic E-state index is 0.0899. The number of piperidine rings is 1. The molecule has 0 saturated carbocycles. The van der Waals surface area contributed by atoms with Crippen LogP contribution in [-0.2, 0) is 4.79 Å². The highest BCUT2D eigenvalue weighted by Gasteiger charge is 2.54. The van der Waals surface area contributed by atoms with Gasteiger partial charge in [0, 0.05) is 6.42 Å². The van der Waals surface area contributed by atoms with Crippen LogP contribution in [0.3, 0.4) is 0 Å². The van der Waals surface area contributed by atoms with Crippen LogP contribution in [0.1, 0.15) is 19.8 Å². The van der Waals surface area contributed by atoms with Crippen LogP contribution in [0.15, 0.2) is 0 Å². The second kappa shape index (κ2) is 5.32. The average molecular weight is 273 g/mol. The van der Waals surface area contributed by atoms with Crippen molar-refractivity contribution in [2.75, 3.05) is 20.2 Å². The van der Waals surface area contributed by atoms with Crippen molar-refractivity contribution in [1.82, 2.24) is 14.7 Å². The Balaban J connectivity index is 2.41. The molecule has 0 radical (unpaired) electrons. The van der Waals surface area contributed by atoms with Crippen molar-refractivity contribution in [1.29, 1.82) is 0 Å². The number of hydrogen-bond donors (Lipinski definition) is 3. The van der Waals surface area contributed by atoms with Gasteiger partial charge in [-0.2, -0.15) is 0 Å². The molecular weight excluding hydrogens is 254 g/mol. The number of carbonyl (C=O) groups is 2. The van der Waals surface area contributed by atoms with Crippen molar-refractivity contribution in [3.05, 3.63) is 0 Å². The molecule has 2 saturated heterocycles. The minimum atomic E-state index is -0.721. The van der Waals surface area contributed by atoms with Crippen LogP contribution in [0, 0.1) is 5.92 Å². The standard InChI is InChI=1S/C11H19N3O5/c1-2-7-3-8(18)12(4-15)10-9(7)13(5-16)11(19)14(10)6-17/h7,9-10,15-17H,2-6H2,1H3. The number of fused-ring (bicyclic) bond motifs is 1. The summed E-state index contributed by atoms with van der Waals surface area (Å²) in [5.74, 6) is -0.338. The number of amides is 3. The molecule has 19 heavy (non-hydrogen) atoms. The maximum absolute atomic E-state index is 12.1.